The largest absolute Gasteiger partial charge is 0.452 e. The highest BCUT2D eigenvalue weighted by molar-refractivity contribution is 7.25. The Kier molecular flexibility index (Phi) is 5.57. The zero-order valence-corrected chi connectivity index (χ0v) is 27.1. The molecule has 0 N–H and O–H groups in total. The minimum absolute atomic E-state index is 0.773. The molecule has 0 aliphatic rings. The summed E-state index contributed by atoms with van der Waals surface area (Å²) in [5, 5.41) is 10.7. The molecule has 0 aliphatic carbocycles. The molecule has 0 atom stereocenters. The van der Waals surface area contributed by atoms with Crippen LogP contribution in [0.2, 0.25) is 0 Å². The second kappa shape index (κ2) is 10.2. The average Bonchev–Trinajstić information content (AvgIpc) is 3.87. The second-order valence-corrected chi connectivity index (χ2v) is 13.8. The van der Waals surface area contributed by atoms with E-state index in [1.54, 1.807) is 0 Å². The fourth-order valence-corrected chi connectivity index (χ4v) is 9.16. The summed E-state index contributed by atoms with van der Waals surface area (Å²) in [4.78, 5) is 0. The molecule has 3 heterocycles. The lowest BCUT2D eigenvalue weighted by Gasteiger charge is -2.19. The quantitative estimate of drug-likeness (QED) is 0.179. The van der Waals surface area contributed by atoms with E-state index in [4.69, 9.17) is 8.83 Å². The van der Waals surface area contributed by atoms with Gasteiger partial charge in [-0.3, -0.25) is 0 Å². The number of fused-ring (bicyclic) bond motifs is 10. The van der Waals surface area contributed by atoms with Crippen LogP contribution in [0, 0.1) is 0 Å². The van der Waals surface area contributed by atoms with Crippen molar-refractivity contribution in [2.75, 3.05) is 0 Å². The van der Waals surface area contributed by atoms with Gasteiger partial charge in [0.1, 0.15) is 11.3 Å². The first-order chi connectivity index (χ1) is 24.3. The Morgan fingerprint density at radius 1 is 0.388 bits per heavy atom. The van der Waals surface area contributed by atoms with Gasteiger partial charge in [-0.25, -0.2) is 0 Å². The van der Waals surface area contributed by atoms with E-state index in [-0.39, 0.29) is 0 Å². The number of rotatable bonds is 3. The predicted molar refractivity (Wildman–Crippen MR) is 208 cm³/mol. The molecule has 2 nitrogen and oxygen atoms in total. The van der Waals surface area contributed by atoms with Crippen molar-refractivity contribution in [3.63, 3.8) is 0 Å². The number of thiophene rings is 1. The standard InChI is InChI=1S/C46H26O2S/c1-2-13-27(14-3-1)38-26-28-25-36(44-33-19-8-10-22-37(33)47-46(44)45(28)48-38)42-31-17-6-4-15-29(31)41(30-16-5-7-18-32(30)42)35-21-12-24-40-43(35)34-20-9-11-23-39(34)49-40/h1-26H. The third-order valence-electron chi connectivity index (χ3n) is 10.1. The van der Waals surface area contributed by atoms with Gasteiger partial charge in [-0.15, -0.1) is 11.3 Å². The molecule has 0 fully saturated rings. The zero-order chi connectivity index (χ0) is 32.1. The van der Waals surface area contributed by atoms with Crippen molar-refractivity contribution in [3.05, 3.63) is 158 Å². The Labute approximate surface area is 285 Å². The average molecular weight is 643 g/mol. The van der Waals surface area contributed by atoms with Gasteiger partial charge >= 0.3 is 0 Å². The van der Waals surface area contributed by atoms with E-state index in [1.807, 2.05) is 35.6 Å². The summed E-state index contributed by atoms with van der Waals surface area (Å²) in [5.41, 5.74) is 8.34. The molecule has 8 aromatic carbocycles. The van der Waals surface area contributed by atoms with E-state index < -0.39 is 0 Å². The number of para-hydroxylation sites is 1. The maximum absolute atomic E-state index is 6.68. The van der Waals surface area contributed by atoms with Crippen molar-refractivity contribution in [2.24, 2.45) is 0 Å². The molecule has 0 spiro atoms. The van der Waals surface area contributed by atoms with Crippen LogP contribution in [0.1, 0.15) is 0 Å². The Morgan fingerprint density at radius 2 is 0.980 bits per heavy atom. The minimum Gasteiger partial charge on any atom is -0.452 e. The van der Waals surface area contributed by atoms with Crippen LogP contribution in [0.25, 0.3) is 108 Å². The summed E-state index contributed by atoms with van der Waals surface area (Å²) in [5.74, 6) is 0.829. The van der Waals surface area contributed by atoms with E-state index in [9.17, 15) is 0 Å². The first-order valence-corrected chi connectivity index (χ1v) is 17.4. The van der Waals surface area contributed by atoms with E-state index >= 15 is 0 Å². The van der Waals surface area contributed by atoms with E-state index in [0.29, 0.717) is 0 Å². The van der Waals surface area contributed by atoms with Crippen LogP contribution < -0.4 is 0 Å². The van der Waals surface area contributed by atoms with Gasteiger partial charge in [0.2, 0.25) is 0 Å². The van der Waals surface area contributed by atoms with Gasteiger partial charge in [-0.2, -0.15) is 0 Å². The molecule has 11 rings (SSSR count). The number of hydrogen-bond acceptors (Lipinski definition) is 3. The molecule has 0 amide bonds. The Bertz CT molecular complexity index is 3050. The summed E-state index contributed by atoms with van der Waals surface area (Å²) in [6.07, 6.45) is 0. The lowest BCUT2D eigenvalue weighted by atomic mass is 9.84. The molecule has 49 heavy (non-hydrogen) atoms. The first kappa shape index (κ1) is 26.9. The monoisotopic (exact) mass is 642 g/mol. The van der Waals surface area contributed by atoms with Gasteiger partial charge in [0.15, 0.2) is 11.2 Å². The molecule has 3 aromatic heterocycles. The molecule has 0 saturated heterocycles. The maximum atomic E-state index is 6.68. The molecule has 0 unspecified atom stereocenters. The number of hydrogen-bond donors (Lipinski definition) is 0. The lowest BCUT2D eigenvalue weighted by Crippen LogP contribution is -1.92. The predicted octanol–water partition coefficient (Wildman–Crippen LogP) is 14.0. The van der Waals surface area contributed by atoms with Gasteiger partial charge in [0.25, 0.3) is 0 Å². The van der Waals surface area contributed by atoms with Gasteiger partial charge in [-0.1, -0.05) is 127 Å². The van der Waals surface area contributed by atoms with Crippen LogP contribution in [0.15, 0.2) is 167 Å². The third kappa shape index (κ3) is 3.82. The Balaban J connectivity index is 1.31. The second-order valence-electron chi connectivity index (χ2n) is 12.7. The topological polar surface area (TPSA) is 26.3 Å². The lowest BCUT2D eigenvalue weighted by molar-refractivity contribution is 0.611. The highest BCUT2D eigenvalue weighted by Crippen LogP contribution is 2.51. The molecule has 0 bridgehead atoms. The summed E-state index contributed by atoms with van der Waals surface area (Å²) in [7, 11) is 0. The summed E-state index contributed by atoms with van der Waals surface area (Å²) < 4.78 is 15.9. The molecule has 228 valence electrons. The van der Waals surface area contributed by atoms with Crippen LogP contribution in [0.3, 0.4) is 0 Å². The van der Waals surface area contributed by atoms with Gasteiger partial charge < -0.3 is 8.83 Å². The van der Waals surface area contributed by atoms with Crippen molar-refractivity contribution in [2.45, 2.75) is 0 Å². The van der Waals surface area contributed by atoms with Gasteiger partial charge in [-0.05, 0) is 74.1 Å². The molecule has 0 saturated carbocycles. The van der Waals surface area contributed by atoms with Crippen LogP contribution in [-0.2, 0) is 0 Å². The van der Waals surface area contributed by atoms with Crippen LogP contribution >= 0.6 is 11.3 Å². The molecule has 3 heteroatoms. The normalized spacial score (nSPS) is 12.1. The Hall–Kier alpha value is -6.16. The molecule has 0 radical (unpaired) electrons. The highest BCUT2D eigenvalue weighted by Gasteiger charge is 2.24. The first-order valence-electron chi connectivity index (χ1n) is 16.6. The van der Waals surface area contributed by atoms with E-state index in [1.165, 1.54) is 58.4 Å². The zero-order valence-electron chi connectivity index (χ0n) is 26.2. The van der Waals surface area contributed by atoms with E-state index in [2.05, 4.69) is 133 Å². The van der Waals surface area contributed by atoms with Crippen molar-refractivity contribution >= 4 is 86.0 Å². The smallest absolute Gasteiger partial charge is 0.179 e. The third-order valence-corrected chi connectivity index (χ3v) is 11.2. The van der Waals surface area contributed by atoms with Crippen LogP contribution in [0.5, 0.6) is 0 Å². The van der Waals surface area contributed by atoms with Gasteiger partial charge in [0, 0.05) is 41.9 Å². The number of furan rings is 2. The summed E-state index contributed by atoms with van der Waals surface area (Å²) in [6.45, 7) is 0. The van der Waals surface area contributed by atoms with Crippen LogP contribution in [-0.4, -0.2) is 0 Å². The molecular weight excluding hydrogens is 617 g/mol. The van der Waals surface area contributed by atoms with E-state index in [0.717, 1.165) is 49.8 Å². The summed E-state index contributed by atoms with van der Waals surface area (Å²) >= 11 is 1.87. The van der Waals surface area contributed by atoms with Crippen molar-refractivity contribution in [1.82, 2.24) is 0 Å². The SMILES string of the molecule is c1ccc(-c2cc3cc(-c4c5ccccc5c(-c5cccc6sc7ccccc7c56)c5ccccc45)c4c5ccccc5oc4c3o2)cc1. The fourth-order valence-electron chi connectivity index (χ4n) is 8.02. The molecule has 11 aromatic rings. The minimum atomic E-state index is 0.773. The van der Waals surface area contributed by atoms with Crippen molar-refractivity contribution < 1.29 is 8.83 Å². The van der Waals surface area contributed by atoms with Crippen molar-refractivity contribution in [3.8, 4) is 33.6 Å². The maximum Gasteiger partial charge on any atom is 0.179 e. The Morgan fingerprint density at radius 3 is 1.71 bits per heavy atom. The van der Waals surface area contributed by atoms with Crippen molar-refractivity contribution in [1.29, 1.82) is 0 Å². The molecule has 0 aliphatic heterocycles. The van der Waals surface area contributed by atoms with Gasteiger partial charge in [0.05, 0.1) is 0 Å². The fraction of sp³-hybridized carbons (Fsp3) is 0. The number of benzene rings is 8. The highest BCUT2D eigenvalue weighted by atomic mass is 32.1. The molecular formula is C46H26O2S. The summed E-state index contributed by atoms with van der Waals surface area (Å²) in [6, 6.07) is 56.5. The van der Waals surface area contributed by atoms with Crippen LogP contribution in [0.4, 0.5) is 0 Å².